The average Bonchev–Trinajstić information content (AvgIpc) is 2.69. The first-order valence-corrected chi connectivity index (χ1v) is 5.16. The average molecular weight is 305 g/mol. The van der Waals surface area contributed by atoms with Crippen molar-refractivity contribution in [1.29, 1.82) is 0 Å². The Bertz CT molecular complexity index is 455. The van der Waals surface area contributed by atoms with E-state index in [4.69, 9.17) is 39.6 Å². The van der Waals surface area contributed by atoms with Crippen LogP contribution in [0, 0.1) is 13.8 Å². The molecule has 1 aromatic heterocycles. The summed E-state index contributed by atoms with van der Waals surface area (Å²) in [7, 11) is 1.89. The number of carboxylic acid groups (broad SMARTS) is 4. The van der Waals surface area contributed by atoms with Crippen LogP contribution in [-0.2, 0) is 19.2 Å². The molecule has 0 aliphatic heterocycles. The van der Waals surface area contributed by atoms with Crippen molar-refractivity contribution >= 4 is 29.6 Å². The van der Waals surface area contributed by atoms with E-state index >= 15 is 0 Å². The molecule has 6 N–H and O–H groups in total. The highest BCUT2D eigenvalue weighted by molar-refractivity contribution is 6.27. The number of hydrogen-bond donors (Lipinski definition) is 6. The Balaban J connectivity index is 0. The fourth-order valence-electron chi connectivity index (χ4n) is 0.919. The molecule has 0 saturated carbocycles. The molecule has 1 aromatic rings. The summed E-state index contributed by atoms with van der Waals surface area (Å²) in [6.45, 7) is 3.96. The van der Waals surface area contributed by atoms with Crippen LogP contribution in [0.2, 0.25) is 0 Å². The van der Waals surface area contributed by atoms with Crippen molar-refractivity contribution in [3.05, 3.63) is 11.4 Å². The van der Waals surface area contributed by atoms with Gasteiger partial charge in [-0.2, -0.15) is 5.10 Å². The first-order valence-electron chi connectivity index (χ1n) is 5.16. The monoisotopic (exact) mass is 305 g/mol. The number of H-pyrrole nitrogens is 1. The van der Waals surface area contributed by atoms with E-state index in [0.717, 1.165) is 17.1 Å². The van der Waals surface area contributed by atoms with Crippen LogP contribution in [-0.4, -0.2) is 61.5 Å². The maximum absolute atomic E-state index is 9.10. The summed E-state index contributed by atoms with van der Waals surface area (Å²) in [5, 5.41) is 39.5. The van der Waals surface area contributed by atoms with E-state index in [9.17, 15) is 0 Å². The van der Waals surface area contributed by atoms with E-state index in [1.807, 2.05) is 20.9 Å². The number of carboxylic acids is 4. The number of nitrogens with one attached hydrogen (secondary N) is 2. The predicted molar refractivity (Wildman–Crippen MR) is 68.2 cm³/mol. The lowest BCUT2D eigenvalue weighted by atomic mass is 10.3. The minimum absolute atomic E-state index is 1.02. The molecule has 1 heterocycles. The lowest BCUT2D eigenvalue weighted by Crippen LogP contribution is -2.09. The summed E-state index contributed by atoms with van der Waals surface area (Å²) in [6, 6.07) is 0. The number of hydrogen-bond acceptors (Lipinski definition) is 6. The Morgan fingerprint density at radius 3 is 1.33 bits per heavy atom. The number of anilines is 1. The summed E-state index contributed by atoms with van der Waals surface area (Å²) >= 11 is 0. The number of aromatic amines is 1. The van der Waals surface area contributed by atoms with Gasteiger partial charge < -0.3 is 25.7 Å². The largest absolute Gasteiger partial charge is 0.473 e. The Morgan fingerprint density at radius 1 is 0.905 bits per heavy atom. The molecule has 11 nitrogen and oxygen atoms in total. The standard InChI is InChI=1S/C6H11N3.2C2H2O4/c1-4-6(7-3)5(2)9-8-4;2*3-1(4)2(5)6/h7H,1-3H3,(H,8,9);2*(H,3,4)(H,5,6). The van der Waals surface area contributed by atoms with E-state index in [0.29, 0.717) is 0 Å². The minimum atomic E-state index is -1.82. The quantitative estimate of drug-likeness (QED) is 0.364. The van der Waals surface area contributed by atoms with Gasteiger partial charge in [0.2, 0.25) is 0 Å². The number of rotatable bonds is 1. The Morgan fingerprint density at radius 2 is 1.24 bits per heavy atom. The molecule has 1 rings (SSSR count). The molecule has 0 unspecified atom stereocenters. The Hall–Kier alpha value is -3.11. The topological polar surface area (TPSA) is 190 Å². The molecular weight excluding hydrogens is 290 g/mol. The molecule has 0 aromatic carbocycles. The summed E-state index contributed by atoms with van der Waals surface area (Å²) < 4.78 is 0. The molecular formula is C10H15N3O8. The zero-order valence-electron chi connectivity index (χ0n) is 11.4. The number of aryl methyl sites for hydroxylation is 2. The summed E-state index contributed by atoms with van der Waals surface area (Å²) in [5.74, 6) is -7.30. The van der Waals surface area contributed by atoms with Crippen LogP contribution in [0.4, 0.5) is 5.69 Å². The molecule has 11 heteroatoms. The molecule has 0 amide bonds. The van der Waals surface area contributed by atoms with Gasteiger partial charge in [-0.15, -0.1) is 0 Å². The zero-order valence-corrected chi connectivity index (χ0v) is 11.4. The van der Waals surface area contributed by atoms with Crippen molar-refractivity contribution in [2.24, 2.45) is 0 Å². The third kappa shape index (κ3) is 9.47. The van der Waals surface area contributed by atoms with E-state index < -0.39 is 23.9 Å². The van der Waals surface area contributed by atoms with Gasteiger partial charge in [-0.25, -0.2) is 19.2 Å². The van der Waals surface area contributed by atoms with Gasteiger partial charge in [0, 0.05) is 7.05 Å². The summed E-state index contributed by atoms with van der Waals surface area (Å²) in [6.07, 6.45) is 0. The number of aromatic nitrogens is 2. The lowest BCUT2D eigenvalue weighted by Gasteiger charge is -1.95. The first kappa shape index (κ1) is 20.2. The van der Waals surface area contributed by atoms with Crippen molar-refractivity contribution in [3.8, 4) is 0 Å². The summed E-state index contributed by atoms with van der Waals surface area (Å²) in [4.78, 5) is 36.4. The SMILES string of the molecule is CNc1c(C)n[nH]c1C.O=C(O)C(=O)O.O=C(O)C(=O)O. The van der Waals surface area contributed by atoms with Crippen LogP contribution in [0.3, 0.4) is 0 Å². The highest BCUT2D eigenvalue weighted by atomic mass is 16.4. The second-order valence-corrected chi connectivity index (χ2v) is 3.28. The van der Waals surface area contributed by atoms with E-state index in [2.05, 4.69) is 15.5 Å². The van der Waals surface area contributed by atoms with Gasteiger partial charge in [-0.1, -0.05) is 0 Å². The second-order valence-electron chi connectivity index (χ2n) is 3.28. The first-order chi connectivity index (χ1) is 9.54. The molecule has 0 bridgehead atoms. The maximum Gasteiger partial charge on any atom is 0.414 e. The molecule has 0 atom stereocenters. The van der Waals surface area contributed by atoms with Crippen LogP contribution in [0.5, 0.6) is 0 Å². The normalized spacial score (nSPS) is 8.33. The third-order valence-electron chi connectivity index (χ3n) is 1.74. The number of aliphatic carboxylic acids is 4. The van der Waals surface area contributed by atoms with E-state index in [-0.39, 0.29) is 0 Å². The van der Waals surface area contributed by atoms with Crippen molar-refractivity contribution in [2.75, 3.05) is 12.4 Å². The molecule has 0 aliphatic rings. The second kappa shape index (κ2) is 9.77. The predicted octanol–water partition coefficient (Wildman–Crippen LogP) is -0.621. The number of carbonyl (C=O) groups is 4. The molecule has 0 radical (unpaired) electrons. The van der Waals surface area contributed by atoms with Gasteiger partial charge in [-0.05, 0) is 13.8 Å². The van der Waals surface area contributed by atoms with E-state index in [1.165, 1.54) is 0 Å². The van der Waals surface area contributed by atoms with Crippen molar-refractivity contribution in [3.63, 3.8) is 0 Å². The zero-order chi connectivity index (χ0) is 17.2. The van der Waals surface area contributed by atoms with Crippen LogP contribution >= 0.6 is 0 Å². The molecule has 21 heavy (non-hydrogen) atoms. The molecule has 118 valence electrons. The minimum Gasteiger partial charge on any atom is -0.473 e. The Labute approximate surface area is 118 Å². The van der Waals surface area contributed by atoms with Crippen LogP contribution in [0.15, 0.2) is 0 Å². The summed E-state index contributed by atoms with van der Waals surface area (Å²) in [5.41, 5.74) is 3.22. The third-order valence-corrected chi connectivity index (χ3v) is 1.74. The lowest BCUT2D eigenvalue weighted by molar-refractivity contribution is -0.159. The van der Waals surface area contributed by atoms with Gasteiger partial charge in [-0.3, -0.25) is 5.10 Å². The maximum atomic E-state index is 9.10. The Kier molecular flexibility index (Phi) is 9.41. The van der Waals surface area contributed by atoms with Crippen molar-refractivity contribution in [2.45, 2.75) is 13.8 Å². The molecule has 0 fully saturated rings. The van der Waals surface area contributed by atoms with Crippen LogP contribution < -0.4 is 5.32 Å². The highest BCUT2D eigenvalue weighted by Gasteiger charge is 2.04. The molecule has 0 spiro atoms. The fourth-order valence-corrected chi connectivity index (χ4v) is 0.919. The van der Waals surface area contributed by atoms with Gasteiger partial charge in [0.1, 0.15) is 0 Å². The van der Waals surface area contributed by atoms with Crippen LogP contribution in [0.1, 0.15) is 11.4 Å². The van der Waals surface area contributed by atoms with Gasteiger partial charge in [0.15, 0.2) is 0 Å². The molecule has 0 saturated heterocycles. The molecule has 0 aliphatic carbocycles. The number of nitrogens with zero attached hydrogens (tertiary/aromatic N) is 1. The fraction of sp³-hybridized carbons (Fsp3) is 0.300. The van der Waals surface area contributed by atoms with Gasteiger partial charge in [0.05, 0.1) is 17.1 Å². The van der Waals surface area contributed by atoms with Crippen LogP contribution in [0.25, 0.3) is 0 Å². The van der Waals surface area contributed by atoms with Gasteiger partial charge >= 0.3 is 23.9 Å². The highest BCUT2D eigenvalue weighted by Crippen LogP contribution is 2.13. The smallest absolute Gasteiger partial charge is 0.414 e. The van der Waals surface area contributed by atoms with Crippen molar-refractivity contribution in [1.82, 2.24) is 10.2 Å². The van der Waals surface area contributed by atoms with Gasteiger partial charge in [0.25, 0.3) is 0 Å². The van der Waals surface area contributed by atoms with E-state index in [1.54, 1.807) is 0 Å². The van der Waals surface area contributed by atoms with Crippen molar-refractivity contribution < 1.29 is 39.6 Å².